The Morgan fingerprint density at radius 1 is 1.43 bits per heavy atom. The lowest BCUT2D eigenvalue weighted by atomic mass is 10.00. The van der Waals surface area contributed by atoms with Crippen LogP contribution in [-0.2, 0) is 4.79 Å². The summed E-state index contributed by atoms with van der Waals surface area (Å²) in [7, 11) is 0. The van der Waals surface area contributed by atoms with Gasteiger partial charge in [-0.1, -0.05) is 6.07 Å². The number of rotatable bonds is 3. The molecule has 1 aromatic rings. The van der Waals surface area contributed by atoms with Crippen molar-refractivity contribution in [2.75, 3.05) is 30.7 Å². The second kappa shape index (κ2) is 5.66. The average molecular weight is 289 g/mol. The predicted molar refractivity (Wildman–Crippen MR) is 82.9 cm³/mol. The van der Waals surface area contributed by atoms with E-state index in [9.17, 15) is 9.90 Å². The summed E-state index contributed by atoms with van der Waals surface area (Å²) in [4.78, 5) is 14.3. The third-order valence-electron chi connectivity index (χ3n) is 4.91. The molecule has 1 heterocycles. The summed E-state index contributed by atoms with van der Waals surface area (Å²) >= 11 is 0. The van der Waals surface area contributed by atoms with Gasteiger partial charge in [0.05, 0.1) is 12.6 Å². The van der Waals surface area contributed by atoms with Crippen molar-refractivity contribution >= 4 is 17.3 Å². The number of carbonyl (C=O) groups excluding carboxylic acids is 1. The van der Waals surface area contributed by atoms with Crippen LogP contribution < -0.4 is 11.1 Å². The number of nitrogens with two attached hydrogens (primary N) is 1. The monoisotopic (exact) mass is 289 g/mol. The van der Waals surface area contributed by atoms with Crippen LogP contribution in [0.25, 0.3) is 0 Å². The molecular formula is C16H23N3O2. The summed E-state index contributed by atoms with van der Waals surface area (Å²) in [6, 6.07) is 5.54. The number of nitrogen functional groups attached to an aromatic ring is 1. The normalized spacial score (nSPS) is 28.6. The van der Waals surface area contributed by atoms with E-state index in [1.54, 1.807) is 0 Å². The van der Waals surface area contributed by atoms with Crippen molar-refractivity contribution in [1.82, 2.24) is 4.90 Å². The van der Waals surface area contributed by atoms with Gasteiger partial charge >= 0.3 is 0 Å². The summed E-state index contributed by atoms with van der Waals surface area (Å²) in [6.45, 7) is 4.04. The highest BCUT2D eigenvalue weighted by Crippen LogP contribution is 2.37. The fourth-order valence-electron chi connectivity index (χ4n) is 3.64. The zero-order valence-corrected chi connectivity index (χ0v) is 12.4. The number of anilines is 2. The van der Waals surface area contributed by atoms with Crippen LogP contribution in [0.1, 0.15) is 18.4 Å². The van der Waals surface area contributed by atoms with Crippen LogP contribution >= 0.6 is 0 Å². The number of nitrogens with one attached hydrogen (secondary N) is 1. The molecule has 0 radical (unpaired) electrons. The standard InChI is InChI=1S/C16H23N3O2/c1-10-13(17)3-2-4-14(10)18-16(21)9-19-7-11-5-6-15(20)12(11)8-19/h2-4,11-12,15,20H,5-9,17H2,1H3,(H,18,21). The average Bonchev–Trinajstić information content (AvgIpc) is 2.97. The minimum absolute atomic E-state index is 0.0156. The first-order chi connectivity index (χ1) is 10.0. The first-order valence-electron chi connectivity index (χ1n) is 7.60. The highest BCUT2D eigenvalue weighted by Gasteiger charge is 2.41. The van der Waals surface area contributed by atoms with Gasteiger partial charge in [-0.3, -0.25) is 9.69 Å². The maximum atomic E-state index is 12.2. The van der Waals surface area contributed by atoms with Crippen molar-refractivity contribution in [3.63, 3.8) is 0 Å². The van der Waals surface area contributed by atoms with E-state index in [2.05, 4.69) is 10.2 Å². The first kappa shape index (κ1) is 14.4. The Morgan fingerprint density at radius 3 is 3.00 bits per heavy atom. The van der Waals surface area contributed by atoms with Crippen LogP contribution in [0.3, 0.4) is 0 Å². The molecule has 21 heavy (non-hydrogen) atoms. The van der Waals surface area contributed by atoms with Crippen LogP contribution in [0, 0.1) is 18.8 Å². The van der Waals surface area contributed by atoms with Gasteiger partial charge in [0.1, 0.15) is 0 Å². The topological polar surface area (TPSA) is 78.6 Å². The zero-order valence-electron chi connectivity index (χ0n) is 12.4. The van der Waals surface area contributed by atoms with Gasteiger partial charge in [-0.15, -0.1) is 0 Å². The number of benzene rings is 1. The van der Waals surface area contributed by atoms with E-state index in [1.165, 1.54) is 0 Å². The van der Waals surface area contributed by atoms with Crippen LogP contribution in [0.15, 0.2) is 18.2 Å². The molecule has 1 saturated carbocycles. The molecule has 5 heteroatoms. The number of amides is 1. The Bertz CT molecular complexity index is 546. The summed E-state index contributed by atoms with van der Waals surface area (Å²) < 4.78 is 0. The molecule has 3 atom stereocenters. The van der Waals surface area contributed by atoms with E-state index < -0.39 is 0 Å². The number of hydrogen-bond acceptors (Lipinski definition) is 4. The Kier molecular flexibility index (Phi) is 3.87. The van der Waals surface area contributed by atoms with Gasteiger partial charge in [0.2, 0.25) is 5.91 Å². The molecule has 5 nitrogen and oxygen atoms in total. The molecule has 0 spiro atoms. The molecule has 1 aromatic carbocycles. The number of aliphatic hydroxyl groups is 1. The number of aliphatic hydroxyl groups excluding tert-OH is 1. The van der Waals surface area contributed by atoms with Crippen LogP contribution in [0.2, 0.25) is 0 Å². The van der Waals surface area contributed by atoms with E-state index in [0.29, 0.717) is 24.1 Å². The van der Waals surface area contributed by atoms with Gasteiger partial charge in [-0.05, 0) is 43.4 Å². The molecule has 1 aliphatic carbocycles. The zero-order chi connectivity index (χ0) is 15.0. The lowest BCUT2D eigenvalue weighted by Crippen LogP contribution is -2.33. The van der Waals surface area contributed by atoms with Crippen molar-refractivity contribution < 1.29 is 9.90 Å². The molecule has 114 valence electrons. The number of carbonyl (C=O) groups is 1. The van der Waals surface area contributed by atoms with Gasteiger partial charge in [0.15, 0.2) is 0 Å². The SMILES string of the molecule is Cc1c(N)cccc1NC(=O)CN1CC2CCC(O)C2C1. The molecule has 1 amide bonds. The van der Waals surface area contributed by atoms with Crippen molar-refractivity contribution in [3.05, 3.63) is 23.8 Å². The van der Waals surface area contributed by atoms with Crippen LogP contribution in [0.5, 0.6) is 0 Å². The fraction of sp³-hybridized carbons (Fsp3) is 0.562. The number of fused-ring (bicyclic) bond motifs is 1. The Hall–Kier alpha value is -1.59. The Morgan fingerprint density at radius 2 is 2.24 bits per heavy atom. The maximum Gasteiger partial charge on any atom is 0.238 e. The molecule has 1 aliphatic heterocycles. The van der Waals surface area contributed by atoms with Gasteiger partial charge < -0.3 is 16.2 Å². The summed E-state index contributed by atoms with van der Waals surface area (Å²) in [6.07, 6.45) is 1.81. The molecule has 1 saturated heterocycles. The fourth-order valence-corrected chi connectivity index (χ4v) is 3.64. The maximum absolute atomic E-state index is 12.2. The van der Waals surface area contributed by atoms with Crippen LogP contribution in [0.4, 0.5) is 11.4 Å². The highest BCUT2D eigenvalue weighted by atomic mass is 16.3. The first-order valence-corrected chi connectivity index (χ1v) is 7.60. The van der Waals surface area contributed by atoms with Gasteiger partial charge in [-0.2, -0.15) is 0 Å². The van der Waals surface area contributed by atoms with Crippen molar-refractivity contribution in [2.24, 2.45) is 11.8 Å². The second-order valence-electron chi connectivity index (χ2n) is 6.33. The van der Waals surface area contributed by atoms with E-state index >= 15 is 0 Å². The van der Waals surface area contributed by atoms with E-state index in [0.717, 1.165) is 37.2 Å². The number of hydrogen-bond donors (Lipinski definition) is 3. The molecular weight excluding hydrogens is 266 g/mol. The molecule has 4 N–H and O–H groups in total. The molecule has 2 aliphatic rings. The summed E-state index contributed by atoms with van der Waals surface area (Å²) in [5.41, 5.74) is 8.21. The third-order valence-corrected chi connectivity index (χ3v) is 4.91. The number of likely N-dealkylation sites (tertiary alicyclic amines) is 1. The van der Waals surface area contributed by atoms with Crippen molar-refractivity contribution in [3.8, 4) is 0 Å². The van der Waals surface area contributed by atoms with Gasteiger partial charge in [-0.25, -0.2) is 0 Å². The summed E-state index contributed by atoms with van der Waals surface area (Å²) in [5.74, 6) is 0.895. The van der Waals surface area contributed by atoms with E-state index in [1.807, 2.05) is 25.1 Å². The lowest BCUT2D eigenvalue weighted by molar-refractivity contribution is -0.117. The second-order valence-corrected chi connectivity index (χ2v) is 6.33. The quantitative estimate of drug-likeness (QED) is 0.731. The molecule has 0 bridgehead atoms. The molecule has 0 aromatic heterocycles. The highest BCUT2D eigenvalue weighted by molar-refractivity contribution is 5.93. The third kappa shape index (κ3) is 2.89. The van der Waals surface area contributed by atoms with Gasteiger partial charge in [0, 0.05) is 30.4 Å². The molecule has 2 fully saturated rings. The summed E-state index contributed by atoms with van der Waals surface area (Å²) in [5, 5.41) is 12.8. The predicted octanol–water partition coefficient (Wildman–Crippen LogP) is 1.22. The van der Waals surface area contributed by atoms with Crippen molar-refractivity contribution in [1.29, 1.82) is 0 Å². The van der Waals surface area contributed by atoms with Gasteiger partial charge in [0.25, 0.3) is 0 Å². The molecule has 3 rings (SSSR count). The van der Waals surface area contributed by atoms with Crippen LogP contribution in [-0.4, -0.2) is 41.7 Å². The minimum atomic E-state index is -0.181. The smallest absolute Gasteiger partial charge is 0.238 e. The Balaban J connectivity index is 1.57. The van der Waals surface area contributed by atoms with E-state index in [-0.39, 0.29) is 12.0 Å². The van der Waals surface area contributed by atoms with Crippen molar-refractivity contribution in [2.45, 2.75) is 25.9 Å². The minimum Gasteiger partial charge on any atom is -0.398 e. The lowest BCUT2D eigenvalue weighted by Gasteiger charge is -2.18. The van der Waals surface area contributed by atoms with E-state index in [4.69, 9.17) is 5.73 Å². The largest absolute Gasteiger partial charge is 0.398 e. The molecule has 3 unspecified atom stereocenters. The number of nitrogens with zero attached hydrogens (tertiary/aromatic N) is 1. The Labute approximate surface area is 125 Å².